The minimum atomic E-state index is -0.888. The summed E-state index contributed by atoms with van der Waals surface area (Å²) in [6, 6.07) is 5.44. The fraction of sp³-hybridized carbons (Fsp3) is 0.429. The van der Waals surface area contributed by atoms with Gasteiger partial charge in [-0.05, 0) is 19.4 Å². The van der Waals surface area contributed by atoms with Gasteiger partial charge < -0.3 is 10.1 Å². The number of nitrogens with zero attached hydrogens (tertiary/aromatic N) is 1. The molecule has 7 heteroatoms. The van der Waals surface area contributed by atoms with Gasteiger partial charge in [-0.15, -0.1) is 0 Å². The number of hydrogen-bond acceptors (Lipinski definition) is 5. The van der Waals surface area contributed by atoms with Gasteiger partial charge in [-0.1, -0.05) is 25.5 Å². The van der Waals surface area contributed by atoms with Gasteiger partial charge in [0.2, 0.25) is 0 Å². The molecule has 0 aliphatic heterocycles. The van der Waals surface area contributed by atoms with Crippen LogP contribution in [0.3, 0.4) is 0 Å². The molecule has 1 N–H and O–H groups in total. The Morgan fingerprint density at radius 2 is 2.05 bits per heavy atom. The summed E-state index contributed by atoms with van der Waals surface area (Å²) in [5, 5.41) is 13.5. The molecule has 0 radical (unpaired) electrons. The lowest BCUT2D eigenvalue weighted by molar-refractivity contribution is -0.385. The fourth-order valence-corrected chi connectivity index (χ4v) is 1.84. The van der Waals surface area contributed by atoms with E-state index in [0.717, 1.165) is 12.8 Å². The van der Waals surface area contributed by atoms with Crippen molar-refractivity contribution in [2.45, 2.75) is 32.7 Å². The second-order valence-corrected chi connectivity index (χ2v) is 4.61. The van der Waals surface area contributed by atoms with Crippen molar-refractivity contribution in [2.75, 3.05) is 6.61 Å². The van der Waals surface area contributed by atoms with Gasteiger partial charge in [0.05, 0.1) is 4.92 Å². The van der Waals surface area contributed by atoms with E-state index in [1.165, 1.54) is 24.3 Å². The topological polar surface area (TPSA) is 98.5 Å². The molecule has 1 atom stereocenters. The van der Waals surface area contributed by atoms with Crippen LogP contribution in [0.5, 0.6) is 0 Å². The van der Waals surface area contributed by atoms with Gasteiger partial charge in [0, 0.05) is 12.1 Å². The molecule has 0 saturated carbocycles. The fourth-order valence-electron chi connectivity index (χ4n) is 1.84. The smallest absolute Gasteiger partial charge is 0.345 e. The zero-order valence-electron chi connectivity index (χ0n) is 12.0. The predicted octanol–water partition coefficient (Wildman–Crippen LogP) is 2.06. The van der Waals surface area contributed by atoms with Crippen molar-refractivity contribution in [3.05, 3.63) is 39.9 Å². The van der Waals surface area contributed by atoms with Crippen molar-refractivity contribution in [3.63, 3.8) is 0 Å². The highest BCUT2D eigenvalue weighted by Gasteiger charge is 2.21. The molecule has 1 rings (SSSR count). The van der Waals surface area contributed by atoms with E-state index < -0.39 is 23.4 Å². The highest BCUT2D eigenvalue weighted by Crippen LogP contribution is 2.18. The first-order valence-corrected chi connectivity index (χ1v) is 6.65. The van der Waals surface area contributed by atoms with Gasteiger partial charge in [0.25, 0.3) is 11.6 Å². The summed E-state index contributed by atoms with van der Waals surface area (Å²) in [6.45, 7) is 3.39. The van der Waals surface area contributed by atoms with Crippen molar-refractivity contribution in [1.29, 1.82) is 0 Å². The highest BCUT2D eigenvalue weighted by atomic mass is 16.6. The van der Waals surface area contributed by atoms with Crippen LogP contribution >= 0.6 is 0 Å². The molecule has 0 aliphatic carbocycles. The lowest BCUT2D eigenvalue weighted by Gasteiger charge is -2.12. The average Bonchev–Trinajstić information content (AvgIpc) is 2.44. The largest absolute Gasteiger partial charge is 0.452 e. The molecule has 114 valence electrons. The lowest BCUT2D eigenvalue weighted by Crippen LogP contribution is -2.35. The number of nitrogens with one attached hydrogen (secondary N) is 1. The molecular weight excluding hydrogens is 276 g/mol. The van der Waals surface area contributed by atoms with Gasteiger partial charge in [-0.3, -0.25) is 14.9 Å². The number of nitro benzene ring substituents is 1. The normalized spacial score (nSPS) is 11.5. The Hall–Kier alpha value is -2.44. The number of esters is 1. The van der Waals surface area contributed by atoms with E-state index in [9.17, 15) is 19.7 Å². The number of amides is 1. The first-order valence-electron chi connectivity index (χ1n) is 6.65. The molecular formula is C14H18N2O5. The van der Waals surface area contributed by atoms with Gasteiger partial charge in [-0.25, -0.2) is 4.79 Å². The number of para-hydroxylation sites is 1. The van der Waals surface area contributed by atoms with E-state index in [1.807, 2.05) is 13.8 Å². The van der Waals surface area contributed by atoms with E-state index in [4.69, 9.17) is 4.74 Å². The molecule has 7 nitrogen and oxygen atoms in total. The van der Waals surface area contributed by atoms with Crippen LogP contribution in [-0.4, -0.2) is 29.4 Å². The molecule has 0 spiro atoms. The maximum absolute atomic E-state index is 11.8. The van der Waals surface area contributed by atoms with Crippen molar-refractivity contribution in [2.24, 2.45) is 0 Å². The Labute approximate surface area is 122 Å². The number of rotatable bonds is 7. The van der Waals surface area contributed by atoms with E-state index >= 15 is 0 Å². The van der Waals surface area contributed by atoms with Gasteiger partial charge >= 0.3 is 5.97 Å². The van der Waals surface area contributed by atoms with Crippen molar-refractivity contribution in [3.8, 4) is 0 Å². The maximum atomic E-state index is 11.8. The third-order valence-corrected chi connectivity index (χ3v) is 2.78. The summed E-state index contributed by atoms with van der Waals surface area (Å²) in [5.74, 6) is -1.32. The minimum absolute atomic E-state index is 0.00716. The summed E-state index contributed by atoms with van der Waals surface area (Å²) < 4.78 is 4.80. The van der Waals surface area contributed by atoms with Crippen molar-refractivity contribution < 1.29 is 19.2 Å². The third kappa shape index (κ3) is 5.21. The summed E-state index contributed by atoms with van der Waals surface area (Å²) >= 11 is 0. The third-order valence-electron chi connectivity index (χ3n) is 2.78. The maximum Gasteiger partial charge on any atom is 0.345 e. The van der Waals surface area contributed by atoms with E-state index in [2.05, 4.69) is 5.32 Å². The number of carbonyl (C=O) groups is 2. The summed E-state index contributed by atoms with van der Waals surface area (Å²) in [4.78, 5) is 33.5. The molecule has 0 aliphatic rings. The minimum Gasteiger partial charge on any atom is -0.452 e. The Morgan fingerprint density at radius 3 is 2.67 bits per heavy atom. The summed E-state index contributed by atoms with van der Waals surface area (Å²) in [5.41, 5.74) is -0.515. The summed E-state index contributed by atoms with van der Waals surface area (Å²) in [6.07, 6.45) is 1.75. The molecule has 1 amide bonds. The molecule has 1 aromatic rings. The standard InChI is InChI=1S/C14H18N2O5/c1-3-6-10(2)15-13(17)9-21-14(18)11-7-4-5-8-12(11)16(19)20/h4-5,7-8,10H,3,6,9H2,1-2H3,(H,15,17). The Balaban J connectivity index is 2.58. The monoisotopic (exact) mass is 294 g/mol. The molecule has 0 aromatic heterocycles. The SMILES string of the molecule is CCCC(C)NC(=O)COC(=O)c1ccccc1[N+](=O)[O-]. The molecule has 1 unspecified atom stereocenters. The number of carbonyl (C=O) groups excluding carboxylic acids is 2. The second-order valence-electron chi connectivity index (χ2n) is 4.61. The van der Waals surface area contributed by atoms with Crippen molar-refractivity contribution in [1.82, 2.24) is 5.32 Å². The van der Waals surface area contributed by atoms with Crippen LogP contribution in [0.15, 0.2) is 24.3 Å². The average molecular weight is 294 g/mol. The number of benzene rings is 1. The van der Waals surface area contributed by atoms with Crippen molar-refractivity contribution >= 4 is 17.6 Å². The number of nitro groups is 1. The molecule has 1 aromatic carbocycles. The highest BCUT2D eigenvalue weighted by molar-refractivity contribution is 5.95. The Morgan fingerprint density at radius 1 is 1.38 bits per heavy atom. The van der Waals surface area contributed by atoms with Gasteiger partial charge in [0.15, 0.2) is 6.61 Å². The lowest BCUT2D eigenvalue weighted by atomic mass is 10.2. The van der Waals surface area contributed by atoms with E-state index in [-0.39, 0.29) is 17.3 Å². The van der Waals surface area contributed by atoms with Crippen LogP contribution in [0.25, 0.3) is 0 Å². The van der Waals surface area contributed by atoms with Crippen LogP contribution in [0.4, 0.5) is 5.69 Å². The molecule has 21 heavy (non-hydrogen) atoms. The molecule has 0 fully saturated rings. The molecule has 0 saturated heterocycles. The Bertz CT molecular complexity index is 530. The number of ether oxygens (including phenoxy) is 1. The number of hydrogen-bond donors (Lipinski definition) is 1. The first kappa shape index (κ1) is 16.6. The van der Waals surface area contributed by atoms with E-state index in [0.29, 0.717) is 0 Å². The summed E-state index contributed by atoms with van der Waals surface area (Å²) in [7, 11) is 0. The molecule has 0 heterocycles. The first-order chi connectivity index (χ1) is 9.95. The second kappa shape index (κ2) is 7.98. The quantitative estimate of drug-likeness (QED) is 0.471. The van der Waals surface area contributed by atoms with Crippen LogP contribution in [0.2, 0.25) is 0 Å². The van der Waals surface area contributed by atoms with Crippen LogP contribution in [0, 0.1) is 10.1 Å². The van der Waals surface area contributed by atoms with E-state index in [1.54, 1.807) is 0 Å². The zero-order valence-corrected chi connectivity index (χ0v) is 12.0. The van der Waals surface area contributed by atoms with Gasteiger partial charge in [-0.2, -0.15) is 0 Å². The Kier molecular flexibility index (Phi) is 6.32. The van der Waals surface area contributed by atoms with Crippen LogP contribution in [0.1, 0.15) is 37.0 Å². The van der Waals surface area contributed by atoms with Crippen LogP contribution in [-0.2, 0) is 9.53 Å². The van der Waals surface area contributed by atoms with Crippen LogP contribution < -0.4 is 5.32 Å². The van der Waals surface area contributed by atoms with Gasteiger partial charge in [0.1, 0.15) is 5.56 Å². The molecule has 0 bridgehead atoms. The predicted molar refractivity (Wildman–Crippen MR) is 75.9 cm³/mol. The zero-order chi connectivity index (χ0) is 15.8.